The Balaban J connectivity index is 1.67. The zero-order valence-corrected chi connectivity index (χ0v) is 13.8. The molecule has 2 aliphatic heterocycles. The number of benzene rings is 1. The van der Waals surface area contributed by atoms with Crippen LogP contribution in [0, 0.1) is 18.8 Å². The molecular weight excluding hydrogens is 308 g/mol. The van der Waals surface area contributed by atoms with Crippen LogP contribution >= 0.6 is 0 Å². The Morgan fingerprint density at radius 3 is 2.50 bits per heavy atom. The van der Waals surface area contributed by atoms with Gasteiger partial charge in [-0.3, -0.25) is 14.4 Å². The van der Waals surface area contributed by atoms with Crippen LogP contribution in [0.2, 0.25) is 0 Å². The van der Waals surface area contributed by atoms with Gasteiger partial charge >= 0.3 is 5.97 Å². The van der Waals surface area contributed by atoms with E-state index in [9.17, 15) is 14.4 Å². The Labute approximate surface area is 141 Å². The lowest BCUT2D eigenvalue weighted by Crippen LogP contribution is -2.45. The lowest BCUT2D eigenvalue weighted by Gasteiger charge is -2.32. The van der Waals surface area contributed by atoms with Crippen molar-refractivity contribution < 1.29 is 19.5 Å². The molecule has 24 heavy (non-hydrogen) atoms. The molecule has 1 aromatic rings. The Morgan fingerprint density at radius 1 is 1.12 bits per heavy atom. The maximum Gasteiger partial charge on any atom is 0.308 e. The standard InChI is InChI=1S/C18H22N2O4/c1-12-4-6-15(7-5-12)20-11-14(9-16(20)21)17(22)19-8-2-3-13(10-19)18(23)24/h4-7,13-14H,2-3,8-11H2,1H3,(H,23,24)/t13-,14-/m0/s1. The molecule has 2 amide bonds. The van der Waals surface area contributed by atoms with E-state index >= 15 is 0 Å². The van der Waals surface area contributed by atoms with Gasteiger partial charge in [0, 0.05) is 31.7 Å². The van der Waals surface area contributed by atoms with Crippen molar-refractivity contribution in [1.29, 1.82) is 0 Å². The summed E-state index contributed by atoms with van der Waals surface area (Å²) in [6, 6.07) is 7.67. The molecule has 0 spiro atoms. The Hall–Kier alpha value is -2.37. The van der Waals surface area contributed by atoms with E-state index < -0.39 is 11.9 Å². The lowest BCUT2D eigenvalue weighted by atomic mass is 9.96. The van der Waals surface area contributed by atoms with E-state index in [1.807, 2.05) is 31.2 Å². The molecule has 2 heterocycles. The van der Waals surface area contributed by atoms with Crippen molar-refractivity contribution in [2.45, 2.75) is 26.2 Å². The van der Waals surface area contributed by atoms with Crippen molar-refractivity contribution in [2.24, 2.45) is 11.8 Å². The predicted octanol–water partition coefficient (Wildman–Crippen LogP) is 1.67. The van der Waals surface area contributed by atoms with Gasteiger partial charge in [-0.05, 0) is 31.9 Å². The van der Waals surface area contributed by atoms with E-state index in [2.05, 4.69) is 0 Å². The fourth-order valence-electron chi connectivity index (χ4n) is 3.48. The first-order chi connectivity index (χ1) is 11.5. The molecule has 6 nitrogen and oxygen atoms in total. The molecule has 128 valence electrons. The van der Waals surface area contributed by atoms with E-state index in [1.54, 1.807) is 9.80 Å². The van der Waals surface area contributed by atoms with Crippen LogP contribution in [0.5, 0.6) is 0 Å². The average molecular weight is 330 g/mol. The van der Waals surface area contributed by atoms with E-state index in [4.69, 9.17) is 5.11 Å². The van der Waals surface area contributed by atoms with Crippen molar-refractivity contribution in [1.82, 2.24) is 4.90 Å². The number of nitrogens with zero attached hydrogens (tertiary/aromatic N) is 2. The monoisotopic (exact) mass is 330 g/mol. The molecule has 2 atom stereocenters. The molecule has 0 unspecified atom stereocenters. The van der Waals surface area contributed by atoms with Gasteiger partial charge < -0.3 is 14.9 Å². The Bertz CT molecular complexity index is 655. The molecule has 0 aliphatic carbocycles. The van der Waals surface area contributed by atoms with Crippen LogP contribution < -0.4 is 4.90 Å². The zero-order chi connectivity index (χ0) is 17.3. The highest BCUT2D eigenvalue weighted by atomic mass is 16.4. The van der Waals surface area contributed by atoms with Gasteiger partial charge in [-0.2, -0.15) is 0 Å². The lowest BCUT2D eigenvalue weighted by molar-refractivity contribution is -0.146. The number of likely N-dealkylation sites (tertiary alicyclic amines) is 1. The predicted molar refractivity (Wildman–Crippen MR) is 88.6 cm³/mol. The number of carboxylic acid groups (broad SMARTS) is 1. The third kappa shape index (κ3) is 3.27. The van der Waals surface area contributed by atoms with Gasteiger partial charge in [-0.1, -0.05) is 17.7 Å². The van der Waals surface area contributed by atoms with Crippen molar-refractivity contribution in [3.63, 3.8) is 0 Å². The molecular formula is C18H22N2O4. The van der Waals surface area contributed by atoms with Gasteiger partial charge in [-0.25, -0.2) is 0 Å². The molecule has 0 bridgehead atoms. The maximum absolute atomic E-state index is 12.7. The molecule has 0 saturated carbocycles. The number of carboxylic acids is 1. The van der Waals surface area contributed by atoms with Crippen molar-refractivity contribution in [2.75, 3.05) is 24.5 Å². The van der Waals surface area contributed by atoms with Crippen LogP contribution in [-0.2, 0) is 14.4 Å². The second-order valence-corrected chi connectivity index (χ2v) is 6.70. The zero-order valence-electron chi connectivity index (χ0n) is 13.8. The molecule has 3 rings (SSSR count). The number of amides is 2. The molecule has 2 saturated heterocycles. The number of piperidine rings is 1. The van der Waals surface area contributed by atoms with Crippen LogP contribution in [0.4, 0.5) is 5.69 Å². The van der Waals surface area contributed by atoms with Crippen LogP contribution in [0.15, 0.2) is 24.3 Å². The van der Waals surface area contributed by atoms with Gasteiger partial charge in [0.25, 0.3) is 0 Å². The van der Waals surface area contributed by atoms with Crippen LogP contribution in [0.25, 0.3) is 0 Å². The summed E-state index contributed by atoms with van der Waals surface area (Å²) in [4.78, 5) is 39.4. The summed E-state index contributed by atoms with van der Waals surface area (Å²) in [7, 11) is 0. The highest BCUT2D eigenvalue weighted by Crippen LogP contribution is 2.28. The Kier molecular flexibility index (Phi) is 4.55. The first kappa shape index (κ1) is 16.5. The summed E-state index contributed by atoms with van der Waals surface area (Å²) in [6.45, 7) is 3.19. The average Bonchev–Trinajstić information content (AvgIpc) is 2.97. The van der Waals surface area contributed by atoms with Gasteiger partial charge in [-0.15, -0.1) is 0 Å². The smallest absolute Gasteiger partial charge is 0.308 e. The van der Waals surface area contributed by atoms with E-state index in [1.165, 1.54) is 0 Å². The summed E-state index contributed by atoms with van der Waals surface area (Å²) in [5.41, 5.74) is 1.93. The van der Waals surface area contributed by atoms with E-state index in [0.717, 1.165) is 11.3 Å². The molecule has 1 aromatic carbocycles. The van der Waals surface area contributed by atoms with E-state index in [0.29, 0.717) is 25.9 Å². The molecule has 2 fully saturated rings. The van der Waals surface area contributed by atoms with Crippen LogP contribution in [-0.4, -0.2) is 47.4 Å². The molecule has 0 aromatic heterocycles. The largest absolute Gasteiger partial charge is 0.481 e. The fraction of sp³-hybridized carbons (Fsp3) is 0.500. The number of rotatable bonds is 3. The minimum Gasteiger partial charge on any atom is -0.481 e. The highest BCUT2D eigenvalue weighted by Gasteiger charge is 2.39. The second kappa shape index (κ2) is 6.63. The number of carbonyl (C=O) groups is 3. The molecule has 2 aliphatic rings. The minimum atomic E-state index is -0.851. The number of hydrogen-bond acceptors (Lipinski definition) is 3. The summed E-state index contributed by atoms with van der Waals surface area (Å²) >= 11 is 0. The third-order valence-electron chi connectivity index (χ3n) is 4.90. The number of carbonyl (C=O) groups excluding carboxylic acids is 2. The molecule has 6 heteroatoms. The first-order valence-corrected chi connectivity index (χ1v) is 8.34. The first-order valence-electron chi connectivity index (χ1n) is 8.34. The van der Waals surface area contributed by atoms with Crippen molar-refractivity contribution in [3.8, 4) is 0 Å². The van der Waals surface area contributed by atoms with E-state index in [-0.39, 0.29) is 30.7 Å². The summed E-state index contributed by atoms with van der Waals surface area (Å²) in [6.07, 6.45) is 1.50. The van der Waals surface area contributed by atoms with Crippen molar-refractivity contribution >= 4 is 23.5 Å². The van der Waals surface area contributed by atoms with Crippen LogP contribution in [0.3, 0.4) is 0 Å². The SMILES string of the molecule is Cc1ccc(N2C[C@@H](C(=O)N3CCC[C@H](C(=O)O)C3)CC2=O)cc1. The maximum atomic E-state index is 12.7. The van der Waals surface area contributed by atoms with Gasteiger partial charge in [0.1, 0.15) is 0 Å². The number of aliphatic carboxylic acids is 1. The van der Waals surface area contributed by atoms with Crippen LogP contribution in [0.1, 0.15) is 24.8 Å². The summed E-state index contributed by atoms with van der Waals surface area (Å²) < 4.78 is 0. The van der Waals surface area contributed by atoms with Crippen molar-refractivity contribution in [3.05, 3.63) is 29.8 Å². The topological polar surface area (TPSA) is 77.9 Å². The van der Waals surface area contributed by atoms with Gasteiger partial charge in [0.15, 0.2) is 0 Å². The summed E-state index contributed by atoms with van der Waals surface area (Å²) in [5.74, 6) is -1.87. The molecule has 1 N–H and O–H groups in total. The Morgan fingerprint density at radius 2 is 1.83 bits per heavy atom. The number of aryl methyl sites for hydroxylation is 1. The van der Waals surface area contributed by atoms with Gasteiger partial charge in [0.05, 0.1) is 11.8 Å². The second-order valence-electron chi connectivity index (χ2n) is 6.70. The normalized spacial score (nSPS) is 24.3. The number of hydrogen-bond donors (Lipinski definition) is 1. The minimum absolute atomic E-state index is 0.0519. The quantitative estimate of drug-likeness (QED) is 0.914. The number of anilines is 1. The summed E-state index contributed by atoms with van der Waals surface area (Å²) in [5, 5.41) is 9.16. The third-order valence-corrected chi connectivity index (χ3v) is 4.90. The van der Waals surface area contributed by atoms with Gasteiger partial charge in [0.2, 0.25) is 11.8 Å². The molecule has 0 radical (unpaired) electrons. The fourth-order valence-corrected chi connectivity index (χ4v) is 3.48. The highest BCUT2D eigenvalue weighted by molar-refractivity contribution is 6.00.